The Kier molecular flexibility index (Phi) is 5.49. The topological polar surface area (TPSA) is 55.9 Å². The molecule has 2 heterocycles. The van der Waals surface area contributed by atoms with E-state index in [2.05, 4.69) is 22.2 Å². The standard InChI is InChI=1S/C22H25FN4O2/c1-25-10-12-26(13-11-25)19-8-4-18(5-9-19)24-22(29)16-14-21(28)27(15-16)20-6-2-17(23)3-7-20/h2-9,16H,10-15H2,1H3,(H,24,29). The molecular weight excluding hydrogens is 371 g/mol. The van der Waals surface area contributed by atoms with E-state index < -0.39 is 5.92 Å². The van der Waals surface area contributed by atoms with Crippen molar-refractivity contribution in [2.24, 2.45) is 5.92 Å². The van der Waals surface area contributed by atoms with Crippen molar-refractivity contribution < 1.29 is 14.0 Å². The second kappa shape index (κ2) is 8.21. The van der Waals surface area contributed by atoms with Gasteiger partial charge < -0.3 is 20.0 Å². The Labute approximate surface area is 169 Å². The molecule has 29 heavy (non-hydrogen) atoms. The van der Waals surface area contributed by atoms with Crippen molar-refractivity contribution in [3.63, 3.8) is 0 Å². The number of hydrogen-bond acceptors (Lipinski definition) is 4. The second-order valence-corrected chi connectivity index (χ2v) is 7.71. The van der Waals surface area contributed by atoms with Gasteiger partial charge in [0.25, 0.3) is 0 Å². The summed E-state index contributed by atoms with van der Waals surface area (Å²) in [7, 11) is 2.13. The molecule has 0 radical (unpaired) electrons. The van der Waals surface area contributed by atoms with Crippen LogP contribution in [0.2, 0.25) is 0 Å². The zero-order valence-corrected chi connectivity index (χ0v) is 16.5. The first-order chi connectivity index (χ1) is 14.0. The van der Waals surface area contributed by atoms with Crippen LogP contribution in [-0.4, -0.2) is 56.5 Å². The second-order valence-electron chi connectivity index (χ2n) is 7.71. The van der Waals surface area contributed by atoms with Crippen LogP contribution in [0, 0.1) is 11.7 Å². The van der Waals surface area contributed by atoms with Crippen LogP contribution in [0.5, 0.6) is 0 Å². The van der Waals surface area contributed by atoms with Crippen LogP contribution in [0.25, 0.3) is 0 Å². The normalized spacial score (nSPS) is 20.2. The number of carbonyl (C=O) groups is 2. The van der Waals surface area contributed by atoms with Gasteiger partial charge in [-0.15, -0.1) is 0 Å². The van der Waals surface area contributed by atoms with Crippen molar-refractivity contribution in [1.82, 2.24) is 4.90 Å². The van der Waals surface area contributed by atoms with Crippen LogP contribution in [0.4, 0.5) is 21.5 Å². The number of benzene rings is 2. The molecule has 0 aliphatic carbocycles. The third-order valence-corrected chi connectivity index (χ3v) is 5.64. The molecule has 2 aromatic carbocycles. The molecule has 2 aliphatic heterocycles. The molecule has 4 rings (SSSR count). The fourth-order valence-electron chi connectivity index (χ4n) is 3.82. The lowest BCUT2D eigenvalue weighted by Crippen LogP contribution is -2.44. The lowest BCUT2D eigenvalue weighted by atomic mass is 10.1. The Bertz CT molecular complexity index is 877. The maximum atomic E-state index is 13.1. The third kappa shape index (κ3) is 4.40. The summed E-state index contributed by atoms with van der Waals surface area (Å²) in [6.07, 6.45) is 0.155. The largest absolute Gasteiger partial charge is 0.369 e. The van der Waals surface area contributed by atoms with Crippen molar-refractivity contribution in [1.29, 1.82) is 0 Å². The Balaban J connectivity index is 1.35. The molecular formula is C22H25FN4O2. The minimum absolute atomic E-state index is 0.123. The molecule has 2 amide bonds. The van der Waals surface area contributed by atoms with Crippen LogP contribution in [0.1, 0.15) is 6.42 Å². The van der Waals surface area contributed by atoms with Crippen molar-refractivity contribution in [3.05, 3.63) is 54.3 Å². The SMILES string of the molecule is CN1CCN(c2ccc(NC(=O)C3CC(=O)N(c4ccc(F)cc4)C3)cc2)CC1. The minimum Gasteiger partial charge on any atom is -0.369 e. The Hall–Kier alpha value is -2.93. The van der Waals surface area contributed by atoms with E-state index in [4.69, 9.17) is 0 Å². The van der Waals surface area contributed by atoms with Gasteiger partial charge >= 0.3 is 0 Å². The van der Waals surface area contributed by atoms with Crippen LogP contribution >= 0.6 is 0 Å². The van der Waals surface area contributed by atoms with E-state index in [0.717, 1.165) is 37.6 Å². The van der Waals surface area contributed by atoms with Gasteiger partial charge in [0.05, 0.1) is 5.92 Å². The molecule has 1 atom stereocenters. The number of anilines is 3. The van der Waals surface area contributed by atoms with Crippen LogP contribution in [0.15, 0.2) is 48.5 Å². The lowest BCUT2D eigenvalue weighted by Gasteiger charge is -2.34. The number of amides is 2. The van der Waals surface area contributed by atoms with E-state index in [1.807, 2.05) is 24.3 Å². The summed E-state index contributed by atoms with van der Waals surface area (Å²) < 4.78 is 13.1. The van der Waals surface area contributed by atoms with Crippen molar-refractivity contribution >= 4 is 28.9 Å². The predicted octanol–water partition coefficient (Wildman–Crippen LogP) is 2.57. The molecule has 2 aromatic rings. The summed E-state index contributed by atoms with van der Waals surface area (Å²) in [5, 5.41) is 2.92. The third-order valence-electron chi connectivity index (χ3n) is 5.64. The van der Waals surface area contributed by atoms with Crippen molar-refractivity contribution in [2.45, 2.75) is 6.42 Å². The predicted molar refractivity (Wildman–Crippen MR) is 112 cm³/mol. The highest BCUT2D eigenvalue weighted by Crippen LogP contribution is 2.27. The zero-order chi connectivity index (χ0) is 20.4. The highest BCUT2D eigenvalue weighted by molar-refractivity contribution is 6.03. The van der Waals surface area contributed by atoms with E-state index >= 15 is 0 Å². The average molecular weight is 396 g/mol. The zero-order valence-electron chi connectivity index (χ0n) is 16.5. The summed E-state index contributed by atoms with van der Waals surface area (Å²) in [5.74, 6) is -1.07. The summed E-state index contributed by atoms with van der Waals surface area (Å²) in [5.41, 5.74) is 2.48. The number of piperazine rings is 1. The summed E-state index contributed by atoms with van der Waals surface area (Å²) >= 11 is 0. The molecule has 7 heteroatoms. The monoisotopic (exact) mass is 396 g/mol. The molecule has 152 valence electrons. The Morgan fingerprint density at radius 1 is 0.966 bits per heavy atom. The van der Waals surface area contributed by atoms with Crippen molar-refractivity contribution in [2.75, 3.05) is 54.9 Å². The van der Waals surface area contributed by atoms with Gasteiger partial charge in [-0.1, -0.05) is 0 Å². The van der Waals surface area contributed by atoms with Gasteiger partial charge in [0.1, 0.15) is 5.82 Å². The quantitative estimate of drug-likeness (QED) is 0.863. The molecule has 1 N–H and O–H groups in total. The Morgan fingerprint density at radius 3 is 2.24 bits per heavy atom. The molecule has 0 bridgehead atoms. The van der Waals surface area contributed by atoms with E-state index in [1.165, 1.54) is 12.1 Å². The highest BCUT2D eigenvalue weighted by Gasteiger charge is 2.35. The van der Waals surface area contributed by atoms with Gasteiger partial charge in [-0.05, 0) is 55.6 Å². The lowest BCUT2D eigenvalue weighted by molar-refractivity contribution is -0.122. The number of hydrogen-bond donors (Lipinski definition) is 1. The summed E-state index contributed by atoms with van der Waals surface area (Å²) in [4.78, 5) is 31.1. The average Bonchev–Trinajstić information content (AvgIpc) is 3.12. The van der Waals surface area contributed by atoms with Gasteiger partial charge in [-0.3, -0.25) is 9.59 Å². The van der Waals surface area contributed by atoms with Crippen LogP contribution in [-0.2, 0) is 9.59 Å². The molecule has 2 fully saturated rings. The Morgan fingerprint density at radius 2 is 1.59 bits per heavy atom. The molecule has 0 aromatic heterocycles. The number of carbonyl (C=O) groups excluding carboxylic acids is 2. The first kappa shape index (κ1) is 19.4. The highest BCUT2D eigenvalue weighted by atomic mass is 19.1. The fourth-order valence-corrected chi connectivity index (χ4v) is 3.82. The summed E-state index contributed by atoms with van der Waals surface area (Å²) in [6.45, 7) is 4.37. The fraction of sp³-hybridized carbons (Fsp3) is 0.364. The van der Waals surface area contributed by atoms with Crippen molar-refractivity contribution in [3.8, 4) is 0 Å². The van der Waals surface area contributed by atoms with E-state index in [-0.39, 0.29) is 24.1 Å². The number of halogens is 1. The van der Waals surface area contributed by atoms with E-state index in [1.54, 1.807) is 17.0 Å². The number of rotatable bonds is 4. The minimum atomic E-state index is -0.426. The van der Waals surface area contributed by atoms with E-state index in [9.17, 15) is 14.0 Å². The first-order valence-corrected chi connectivity index (χ1v) is 9.90. The molecule has 0 saturated carbocycles. The van der Waals surface area contributed by atoms with E-state index in [0.29, 0.717) is 12.2 Å². The van der Waals surface area contributed by atoms with Gasteiger partial charge in [0.15, 0.2) is 0 Å². The van der Waals surface area contributed by atoms with Crippen LogP contribution in [0.3, 0.4) is 0 Å². The molecule has 6 nitrogen and oxygen atoms in total. The van der Waals surface area contributed by atoms with Crippen LogP contribution < -0.4 is 15.1 Å². The number of nitrogens with one attached hydrogen (secondary N) is 1. The maximum absolute atomic E-state index is 13.1. The molecule has 2 aliphatic rings. The number of likely N-dealkylation sites (N-methyl/N-ethyl adjacent to an activating group) is 1. The summed E-state index contributed by atoms with van der Waals surface area (Å²) in [6, 6.07) is 13.6. The number of nitrogens with zero attached hydrogens (tertiary/aromatic N) is 3. The van der Waals surface area contributed by atoms with Gasteiger partial charge in [-0.2, -0.15) is 0 Å². The molecule has 0 spiro atoms. The molecule has 1 unspecified atom stereocenters. The van der Waals surface area contributed by atoms with Gasteiger partial charge in [0.2, 0.25) is 11.8 Å². The molecule has 2 saturated heterocycles. The van der Waals surface area contributed by atoms with Gasteiger partial charge in [0, 0.05) is 56.2 Å². The first-order valence-electron chi connectivity index (χ1n) is 9.90. The smallest absolute Gasteiger partial charge is 0.229 e. The maximum Gasteiger partial charge on any atom is 0.229 e. The van der Waals surface area contributed by atoms with Gasteiger partial charge in [-0.25, -0.2) is 4.39 Å².